The quantitative estimate of drug-likeness (QED) is 0.651. The lowest BCUT2D eigenvalue weighted by molar-refractivity contribution is 0.112. The van der Waals surface area contributed by atoms with Crippen LogP contribution < -0.4 is 9.74 Å². The van der Waals surface area contributed by atoms with Crippen molar-refractivity contribution in [2.75, 3.05) is 5.32 Å². The first-order valence-electron chi connectivity index (χ1n) is 6.35. The number of rotatable bonds is 4. The number of carboxylic acid groups (broad SMARTS) is 1. The molecule has 1 aromatic rings. The van der Waals surface area contributed by atoms with Gasteiger partial charge in [-0.2, -0.15) is 0 Å². The highest BCUT2D eigenvalue weighted by Crippen LogP contribution is 2.38. The van der Waals surface area contributed by atoms with Crippen molar-refractivity contribution in [1.29, 1.82) is 0 Å². The second kappa shape index (κ2) is 5.66. The molecule has 0 saturated heterocycles. The molecule has 0 heterocycles. The van der Waals surface area contributed by atoms with Crippen molar-refractivity contribution in [3.63, 3.8) is 0 Å². The standard InChI is InChI=1S/C14H21NO4Si/c1-14(2,3)20(4,5)19-11-7-6-10(9-16)12(8-11)15-13(17)18/h6-9,15H,1-5H3,(H,17,18). The van der Waals surface area contributed by atoms with E-state index < -0.39 is 14.4 Å². The molecule has 0 aliphatic heterocycles. The highest BCUT2D eigenvalue weighted by Gasteiger charge is 2.39. The first kappa shape index (κ1) is 16.2. The molecule has 0 bridgehead atoms. The fourth-order valence-electron chi connectivity index (χ4n) is 1.37. The van der Waals surface area contributed by atoms with Crippen molar-refractivity contribution in [2.45, 2.75) is 38.9 Å². The summed E-state index contributed by atoms with van der Waals surface area (Å²) in [6.07, 6.45) is -0.598. The Morgan fingerprint density at radius 3 is 2.40 bits per heavy atom. The molecular formula is C14H21NO4Si. The van der Waals surface area contributed by atoms with E-state index in [2.05, 4.69) is 39.2 Å². The summed E-state index contributed by atoms with van der Waals surface area (Å²) in [5.74, 6) is 0.575. The van der Waals surface area contributed by atoms with Crippen LogP contribution >= 0.6 is 0 Å². The molecule has 2 N–H and O–H groups in total. The average Bonchev–Trinajstić information content (AvgIpc) is 2.26. The number of hydrogen-bond donors (Lipinski definition) is 2. The number of carbonyl (C=O) groups is 2. The zero-order chi connectivity index (χ0) is 15.6. The van der Waals surface area contributed by atoms with E-state index >= 15 is 0 Å². The summed E-state index contributed by atoms with van der Waals surface area (Å²) in [7, 11) is -2.00. The molecule has 0 aliphatic carbocycles. The summed E-state index contributed by atoms with van der Waals surface area (Å²) < 4.78 is 6.08. The fraction of sp³-hybridized carbons (Fsp3) is 0.429. The maximum Gasteiger partial charge on any atom is 0.409 e. The lowest BCUT2D eigenvalue weighted by atomic mass is 10.2. The molecule has 6 heteroatoms. The molecule has 0 unspecified atom stereocenters. The van der Waals surface area contributed by atoms with Gasteiger partial charge in [0.2, 0.25) is 8.32 Å². The van der Waals surface area contributed by atoms with Gasteiger partial charge in [-0.15, -0.1) is 0 Å². The van der Waals surface area contributed by atoms with Crippen LogP contribution in [0.15, 0.2) is 18.2 Å². The molecule has 0 spiro atoms. The summed E-state index contributed by atoms with van der Waals surface area (Å²) >= 11 is 0. The minimum Gasteiger partial charge on any atom is -0.543 e. The number of amides is 1. The maximum absolute atomic E-state index is 10.9. The van der Waals surface area contributed by atoms with E-state index in [0.717, 1.165) is 0 Å². The van der Waals surface area contributed by atoms with Gasteiger partial charge in [0.15, 0.2) is 6.29 Å². The van der Waals surface area contributed by atoms with Crippen molar-refractivity contribution in [1.82, 2.24) is 0 Å². The average molecular weight is 295 g/mol. The van der Waals surface area contributed by atoms with E-state index in [0.29, 0.717) is 12.0 Å². The lowest BCUT2D eigenvalue weighted by Gasteiger charge is -2.36. The van der Waals surface area contributed by atoms with Crippen molar-refractivity contribution >= 4 is 26.4 Å². The fourth-order valence-corrected chi connectivity index (χ4v) is 2.40. The van der Waals surface area contributed by atoms with Crippen LogP contribution in [0.3, 0.4) is 0 Å². The molecule has 0 aromatic heterocycles. The van der Waals surface area contributed by atoms with E-state index in [1.54, 1.807) is 18.2 Å². The number of carbonyl (C=O) groups excluding carboxylic acids is 1. The van der Waals surface area contributed by atoms with Crippen LogP contribution in [-0.4, -0.2) is 25.8 Å². The van der Waals surface area contributed by atoms with Crippen LogP contribution in [0.25, 0.3) is 0 Å². The molecule has 1 rings (SSSR count). The van der Waals surface area contributed by atoms with Crippen LogP contribution in [-0.2, 0) is 0 Å². The Morgan fingerprint density at radius 2 is 1.95 bits per heavy atom. The van der Waals surface area contributed by atoms with Gasteiger partial charge in [0.05, 0.1) is 5.69 Å². The van der Waals surface area contributed by atoms with E-state index in [1.165, 1.54) is 0 Å². The van der Waals surface area contributed by atoms with Crippen molar-refractivity contribution in [3.05, 3.63) is 23.8 Å². The predicted molar refractivity (Wildman–Crippen MR) is 81.3 cm³/mol. The van der Waals surface area contributed by atoms with Crippen molar-refractivity contribution < 1.29 is 19.1 Å². The largest absolute Gasteiger partial charge is 0.543 e. The zero-order valence-corrected chi connectivity index (χ0v) is 13.5. The van der Waals surface area contributed by atoms with Crippen LogP contribution in [0.5, 0.6) is 5.75 Å². The van der Waals surface area contributed by atoms with Gasteiger partial charge in [0.25, 0.3) is 0 Å². The molecule has 20 heavy (non-hydrogen) atoms. The Bertz CT molecular complexity index is 520. The van der Waals surface area contributed by atoms with E-state index in [1.807, 2.05) is 0 Å². The summed E-state index contributed by atoms with van der Waals surface area (Å²) in [5.41, 5.74) is 0.527. The van der Waals surface area contributed by atoms with Crippen LogP contribution in [0.4, 0.5) is 10.5 Å². The second-order valence-corrected chi connectivity index (χ2v) is 10.9. The molecular weight excluding hydrogens is 274 g/mol. The third-order valence-electron chi connectivity index (χ3n) is 3.57. The van der Waals surface area contributed by atoms with Gasteiger partial charge in [-0.25, -0.2) is 4.79 Å². The third-order valence-corrected chi connectivity index (χ3v) is 7.93. The summed E-state index contributed by atoms with van der Waals surface area (Å²) in [6.45, 7) is 10.6. The van der Waals surface area contributed by atoms with Gasteiger partial charge in [-0.05, 0) is 30.3 Å². The Kier molecular flexibility index (Phi) is 4.60. The topological polar surface area (TPSA) is 75.6 Å². The second-order valence-electron chi connectivity index (χ2n) is 6.16. The van der Waals surface area contributed by atoms with E-state index in [9.17, 15) is 9.59 Å². The highest BCUT2D eigenvalue weighted by molar-refractivity contribution is 6.74. The lowest BCUT2D eigenvalue weighted by Crippen LogP contribution is -2.43. The Balaban J connectivity index is 3.09. The van der Waals surface area contributed by atoms with Gasteiger partial charge < -0.3 is 9.53 Å². The van der Waals surface area contributed by atoms with E-state index in [-0.39, 0.29) is 16.3 Å². The first-order valence-corrected chi connectivity index (χ1v) is 9.26. The summed E-state index contributed by atoms with van der Waals surface area (Å²) in [5, 5.41) is 11.0. The monoisotopic (exact) mass is 295 g/mol. The molecule has 1 aromatic carbocycles. The van der Waals surface area contributed by atoms with Gasteiger partial charge >= 0.3 is 6.09 Å². The molecule has 110 valence electrons. The van der Waals surface area contributed by atoms with Crippen LogP contribution in [0.1, 0.15) is 31.1 Å². The minimum atomic E-state index is -2.00. The molecule has 1 amide bonds. The number of benzene rings is 1. The minimum absolute atomic E-state index is 0.0384. The summed E-state index contributed by atoms with van der Waals surface area (Å²) in [4.78, 5) is 21.6. The maximum atomic E-state index is 10.9. The van der Waals surface area contributed by atoms with Crippen molar-refractivity contribution in [3.8, 4) is 5.75 Å². The highest BCUT2D eigenvalue weighted by atomic mass is 28.4. The number of hydrogen-bond acceptors (Lipinski definition) is 3. The molecule has 0 saturated carbocycles. The smallest absolute Gasteiger partial charge is 0.409 e. The normalized spacial score (nSPS) is 11.8. The Hall–Kier alpha value is -1.82. The SMILES string of the molecule is CC(C)(C)[Si](C)(C)Oc1ccc(C=O)c(NC(=O)O)c1. The van der Waals surface area contributed by atoms with Gasteiger partial charge in [-0.3, -0.25) is 10.1 Å². The predicted octanol–water partition coefficient (Wildman–Crippen LogP) is 3.97. The Morgan fingerprint density at radius 1 is 1.35 bits per heavy atom. The molecule has 5 nitrogen and oxygen atoms in total. The first-order chi connectivity index (χ1) is 9.06. The third kappa shape index (κ3) is 3.83. The number of nitrogens with one attached hydrogen (secondary N) is 1. The van der Waals surface area contributed by atoms with Gasteiger partial charge in [-0.1, -0.05) is 20.8 Å². The van der Waals surface area contributed by atoms with Crippen LogP contribution in [0.2, 0.25) is 18.1 Å². The Labute approximate surface area is 120 Å². The number of anilines is 1. The number of aldehydes is 1. The molecule has 0 fully saturated rings. The van der Waals surface area contributed by atoms with E-state index in [4.69, 9.17) is 9.53 Å². The molecule has 0 atom stereocenters. The molecule has 0 radical (unpaired) electrons. The van der Waals surface area contributed by atoms with Gasteiger partial charge in [0, 0.05) is 11.6 Å². The molecule has 0 aliphatic rings. The summed E-state index contributed by atoms with van der Waals surface area (Å²) in [6, 6.07) is 4.80. The van der Waals surface area contributed by atoms with Crippen molar-refractivity contribution in [2.24, 2.45) is 0 Å². The van der Waals surface area contributed by atoms with Gasteiger partial charge in [0.1, 0.15) is 5.75 Å². The zero-order valence-electron chi connectivity index (χ0n) is 12.5. The van der Waals surface area contributed by atoms with Crippen LogP contribution in [0, 0.1) is 0 Å².